The van der Waals surface area contributed by atoms with Crippen molar-refractivity contribution in [3.05, 3.63) is 71.4 Å². The zero-order chi connectivity index (χ0) is 17.0. The van der Waals surface area contributed by atoms with Crippen LogP contribution in [0.15, 0.2) is 54.6 Å². The largest absolute Gasteiger partial charge is 0.493 e. The zero-order valence-electron chi connectivity index (χ0n) is 14.4. The number of fused-ring (bicyclic) bond motifs is 5. The van der Waals surface area contributed by atoms with E-state index < -0.39 is 0 Å². The van der Waals surface area contributed by atoms with Gasteiger partial charge in [0.2, 0.25) is 5.88 Å². The monoisotopic (exact) mass is 332 g/mol. The van der Waals surface area contributed by atoms with Crippen LogP contribution in [0.5, 0.6) is 11.6 Å². The summed E-state index contributed by atoms with van der Waals surface area (Å²) >= 11 is 0. The molecule has 2 aromatic carbocycles. The van der Waals surface area contributed by atoms with Gasteiger partial charge in [-0.2, -0.15) is 5.10 Å². The first-order valence-electron chi connectivity index (χ1n) is 8.67. The van der Waals surface area contributed by atoms with E-state index in [9.17, 15) is 0 Å². The van der Waals surface area contributed by atoms with Crippen LogP contribution in [0.25, 0.3) is 5.69 Å². The maximum absolute atomic E-state index is 6.24. The van der Waals surface area contributed by atoms with Crippen molar-refractivity contribution in [2.24, 2.45) is 5.41 Å². The highest BCUT2D eigenvalue weighted by Gasteiger charge is 2.49. The van der Waals surface area contributed by atoms with Gasteiger partial charge in [-0.25, -0.2) is 4.68 Å². The summed E-state index contributed by atoms with van der Waals surface area (Å²) in [6.45, 7) is 5.60. The van der Waals surface area contributed by atoms with Gasteiger partial charge in [-0.15, -0.1) is 0 Å². The molecule has 0 fully saturated rings. The molecule has 0 bridgehead atoms. The summed E-state index contributed by atoms with van der Waals surface area (Å²) in [7, 11) is 0. The smallest absolute Gasteiger partial charge is 0.220 e. The number of aryl methyl sites for hydroxylation is 1. The summed E-state index contributed by atoms with van der Waals surface area (Å²) in [4.78, 5) is 0. The second-order valence-corrected chi connectivity index (χ2v) is 7.25. The van der Waals surface area contributed by atoms with Gasteiger partial charge in [0.1, 0.15) is 5.75 Å². The average Bonchev–Trinajstić information content (AvgIpc) is 2.98. The van der Waals surface area contributed by atoms with Crippen LogP contribution in [0.2, 0.25) is 0 Å². The molecule has 1 aromatic heterocycles. The maximum Gasteiger partial charge on any atom is 0.220 e. The van der Waals surface area contributed by atoms with Crippen molar-refractivity contribution >= 4 is 0 Å². The number of aromatic nitrogens is 2. The molecule has 0 N–H and O–H groups in total. The molecule has 3 heterocycles. The van der Waals surface area contributed by atoms with E-state index in [0.29, 0.717) is 13.2 Å². The van der Waals surface area contributed by atoms with E-state index in [4.69, 9.17) is 14.6 Å². The van der Waals surface area contributed by atoms with Crippen LogP contribution in [-0.2, 0) is 0 Å². The average molecular weight is 332 g/mol. The Morgan fingerprint density at radius 1 is 1.00 bits per heavy atom. The van der Waals surface area contributed by atoms with Crippen molar-refractivity contribution in [3.8, 4) is 17.3 Å². The molecular weight excluding hydrogens is 312 g/mol. The van der Waals surface area contributed by atoms with Crippen molar-refractivity contribution in [2.45, 2.75) is 19.8 Å². The lowest BCUT2D eigenvalue weighted by atomic mass is 9.68. The predicted octanol–water partition coefficient (Wildman–Crippen LogP) is 4.10. The molecule has 0 aliphatic carbocycles. The summed E-state index contributed by atoms with van der Waals surface area (Å²) < 4.78 is 14.2. The molecule has 5 rings (SSSR count). The number of hydrogen-bond acceptors (Lipinski definition) is 3. The van der Waals surface area contributed by atoms with Crippen LogP contribution in [0, 0.1) is 12.3 Å². The molecule has 3 aromatic rings. The quantitative estimate of drug-likeness (QED) is 0.673. The number of hydrogen-bond donors (Lipinski definition) is 0. The lowest BCUT2D eigenvalue weighted by Gasteiger charge is -2.44. The summed E-state index contributed by atoms with van der Waals surface area (Å²) in [6, 6.07) is 18.5. The van der Waals surface area contributed by atoms with E-state index in [2.05, 4.69) is 44.2 Å². The van der Waals surface area contributed by atoms with Crippen LogP contribution in [-0.4, -0.2) is 23.0 Å². The minimum Gasteiger partial charge on any atom is -0.493 e. The van der Waals surface area contributed by atoms with Crippen LogP contribution in [0.3, 0.4) is 0 Å². The van der Waals surface area contributed by atoms with Crippen LogP contribution < -0.4 is 9.47 Å². The molecule has 0 radical (unpaired) electrons. The highest BCUT2D eigenvalue weighted by molar-refractivity contribution is 5.53. The standard InChI is InChI=1S/C21H20N2O2/c1-14-18-19-16-10-6-7-11-17(16)24-12-21(19,2)13-25-20(18)23(22-14)15-8-4-3-5-9-15/h3-11,19H,12-13H2,1-2H3/t19-,21+/m1/s1. The Hall–Kier alpha value is -2.75. The number of nitrogens with zero attached hydrogens (tertiary/aromatic N) is 2. The Kier molecular flexibility index (Phi) is 2.99. The summed E-state index contributed by atoms with van der Waals surface area (Å²) in [5, 5.41) is 4.81. The number of benzene rings is 2. The molecule has 4 heteroatoms. The highest BCUT2D eigenvalue weighted by atomic mass is 16.5. The molecule has 126 valence electrons. The maximum atomic E-state index is 6.24. The van der Waals surface area contributed by atoms with Gasteiger partial charge in [0.05, 0.1) is 24.6 Å². The van der Waals surface area contributed by atoms with E-state index in [1.165, 1.54) is 11.1 Å². The lowest BCUT2D eigenvalue weighted by molar-refractivity contribution is 0.0415. The molecule has 0 spiro atoms. The number of ether oxygens (including phenoxy) is 2. The van der Waals surface area contributed by atoms with Crippen molar-refractivity contribution in [1.82, 2.24) is 9.78 Å². The van der Waals surface area contributed by atoms with Gasteiger partial charge in [-0.05, 0) is 25.1 Å². The lowest BCUT2D eigenvalue weighted by Crippen LogP contribution is -2.44. The van der Waals surface area contributed by atoms with Gasteiger partial charge in [0.25, 0.3) is 0 Å². The Bertz CT molecular complexity index is 948. The Labute approximate surface area is 147 Å². The fraction of sp³-hybridized carbons (Fsp3) is 0.286. The molecule has 2 aliphatic rings. The molecular formula is C21H20N2O2. The molecule has 4 nitrogen and oxygen atoms in total. The molecule has 0 amide bonds. The third kappa shape index (κ3) is 2.03. The SMILES string of the molecule is Cc1nn(-c2ccccc2)c2c1[C@H]1c3ccccc3OC[C@@]1(C)CO2. The van der Waals surface area contributed by atoms with Crippen molar-refractivity contribution < 1.29 is 9.47 Å². The second-order valence-electron chi connectivity index (χ2n) is 7.25. The van der Waals surface area contributed by atoms with E-state index in [1.54, 1.807) is 0 Å². The number of rotatable bonds is 1. The fourth-order valence-corrected chi connectivity index (χ4v) is 4.15. The van der Waals surface area contributed by atoms with Gasteiger partial charge >= 0.3 is 0 Å². The van der Waals surface area contributed by atoms with Gasteiger partial charge in [-0.3, -0.25) is 0 Å². The first kappa shape index (κ1) is 14.6. The molecule has 0 unspecified atom stereocenters. The number of para-hydroxylation sites is 2. The van der Waals surface area contributed by atoms with E-state index in [1.807, 2.05) is 28.9 Å². The molecule has 2 atom stereocenters. The van der Waals surface area contributed by atoms with Crippen LogP contribution in [0.1, 0.15) is 29.7 Å². The normalized spacial score (nSPS) is 23.7. The Balaban J connectivity index is 1.74. The van der Waals surface area contributed by atoms with Crippen molar-refractivity contribution in [1.29, 1.82) is 0 Å². The molecule has 0 saturated carbocycles. The molecule has 0 saturated heterocycles. The third-order valence-electron chi connectivity index (χ3n) is 5.37. The fourth-order valence-electron chi connectivity index (χ4n) is 4.15. The minimum atomic E-state index is -0.0866. The predicted molar refractivity (Wildman–Crippen MR) is 95.7 cm³/mol. The molecule has 25 heavy (non-hydrogen) atoms. The first-order chi connectivity index (χ1) is 12.2. The third-order valence-corrected chi connectivity index (χ3v) is 5.37. The van der Waals surface area contributed by atoms with E-state index >= 15 is 0 Å². The van der Waals surface area contributed by atoms with Crippen LogP contribution >= 0.6 is 0 Å². The van der Waals surface area contributed by atoms with Gasteiger partial charge in [0, 0.05) is 22.5 Å². The van der Waals surface area contributed by atoms with Gasteiger partial charge < -0.3 is 9.47 Å². The van der Waals surface area contributed by atoms with E-state index in [-0.39, 0.29) is 11.3 Å². The molecule has 2 aliphatic heterocycles. The van der Waals surface area contributed by atoms with Crippen molar-refractivity contribution in [3.63, 3.8) is 0 Å². The Morgan fingerprint density at radius 3 is 2.56 bits per heavy atom. The highest BCUT2D eigenvalue weighted by Crippen LogP contribution is 2.54. The first-order valence-corrected chi connectivity index (χ1v) is 8.67. The van der Waals surface area contributed by atoms with Gasteiger partial charge in [0.15, 0.2) is 0 Å². The summed E-state index contributed by atoms with van der Waals surface area (Å²) in [6.07, 6.45) is 0. The van der Waals surface area contributed by atoms with Crippen molar-refractivity contribution in [2.75, 3.05) is 13.2 Å². The van der Waals surface area contributed by atoms with Gasteiger partial charge in [-0.1, -0.05) is 43.3 Å². The summed E-state index contributed by atoms with van der Waals surface area (Å²) in [5.74, 6) is 2.08. The topological polar surface area (TPSA) is 36.3 Å². The summed E-state index contributed by atoms with van der Waals surface area (Å²) in [5.41, 5.74) is 4.38. The Morgan fingerprint density at radius 2 is 1.72 bits per heavy atom. The second kappa shape index (κ2) is 5.12. The van der Waals surface area contributed by atoms with Crippen LogP contribution in [0.4, 0.5) is 0 Å². The van der Waals surface area contributed by atoms with E-state index in [0.717, 1.165) is 23.0 Å². The minimum absolute atomic E-state index is 0.0866. The zero-order valence-corrected chi connectivity index (χ0v) is 14.4.